The average Bonchev–Trinajstić information content (AvgIpc) is 3.56. The maximum absolute atomic E-state index is 12.2. The first kappa shape index (κ1) is 32.9. The molecule has 0 aliphatic carbocycles. The molecular weight excluding hydrogens is 600 g/mol. The molecule has 1 aromatic heterocycles. The third kappa shape index (κ3) is 8.33. The highest BCUT2D eigenvalue weighted by Crippen LogP contribution is 2.29. The minimum atomic E-state index is -0.399. The number of amides is 3. The molecule has 1 aliphatic heterocycles. The molecule has 4 aromatic rings. The van der Waals surface area contributed by atoms with Gasteiger partial charge in [0.1, 0.15) is 23.1 Å². The Bertz CT molecular complexity index is 1590. The number of benzene rings is 3. The highest BCUT2D eigenvalue weighted by molar-refractivity contribution is 8.15. The van der Waals surface area contributed by atoms with E-state index in [-0.39, 0.29) is 35.6 Å². The van der Waals surface area contributed by atoms with Crippen molar-refractivity contribution in [2.45, 2.75) is 64.2 Å². The molecule has 2 unspecified atom stereocenters. The van der Waals surface area contributed by atoms with Crippen molar-refractivity contribution in [1.29, 1.82) is 0 Å². The number of hydrogen-bond acceptors (Lipinski definition) is 7. The van der Waals surface area contributed by atoms with E-state index in [2.05, 4.69) is 22.2 Å². The van der Waals surface area contributed by atoms with Crippen molar-refractivity contribution >= 4 is 57.9 Å². The SMILES string of the molecule is CCCCCCN(C(C)=O)c1ccc(Oc2ccc3nc(C(C)Oc4ccc(CC5SC(=O)NC5=O)cc4)[nH]c3c2)cc1.Cl. The lowest BCUT2D eigenvalue weighted by molar-refractivity contribution is -0.119. The Morgan fingerprint density at radius 1 is 0.977 bits per heavy atom. The Labute approximate surface area is 267 Å². The Morgan fingerprint density at radius 3 is 2.34 bits per heavy atom. The van der Waals surface area contributed by atoms with Crippen LogP contribution in [0.2, 0.25) is 0 Å². The van der Waals surface area contributed by atoms with Crippen LogP contribution < -0.4 is 19.7 Å². The first-order chi connectivity index (χ1) is 20.8. The van der Waals surface area contributed by atoms with Gasteiger partial charge in [-0.15, -0.1) is 12.4 Å². The molecule has 2 N–H and O–H groups in total. The number of hydrogen-bond donors (Lipinski definition) is 2. The van der Waals surface area contributed by atoms with Crippen LogP contribution in [0.25, 0.3) is 11.0 Å². The number of halogens is 1. The summed E-state index contributed by atoms with van der Waals surface area (Å²) in [7, 11) is 0. The number of nitrogens with one attached hydrogen (secondary N) is 2. The Balaban J connectivity index is 0.00000442. The molecule has 0 saturated carbocycles. The zero-order chi connectivity index (χ0) is 30.3. The Kier molecular flexibility index (Phi) is 11.3. The number of nitrogens with zero attached hydrogens (tertiary/aromatic N) is 2. The lowest BCUT2D eigenvalue weighted by Gasteiger charge is -2.21. The molecule has 9 nitrogen and oxygen atoms in total. The van der Waals surface area contributed by atoms with Gasteiger partial charge in [0.05, 0.1) is 16.3 Å². The second-order valence-electron chi connectivity index (χ2n) is 10.6. The number of anilines is 1. The van der Waals surface area contributed by atoms with Crippen LogP contribution in [0, 0.1) is 0 Å². The van der Waals surface area contributed by atoms with Gasteiger partial charge in [0.25, 0.3) is 5.24 Å². The van der Waals surface area contributed by atoms with Crippen molar-refractivity contribution in [2.75, 3.05) is 11.4 Å². The van der Waals surface area contributed by atoms with Crippen LogP contribution in [-0.4, -0.2) is 38.8 Å². The molecule has 2 atom stereocenters. The monoisotopic (exact) mass is 636 g/mol. The van der Waals surface area contributed by atoms with Gasteiger partial charge in [-0.2, -0.15) is 0 Å². The highest BCUT2D eigenvalue weighted by Gasteiger charge is 2.31. The zero-order valence-electron chi connectivity index (χ0n) is 25.0. The standard InChI is InChI=1S/C33H36N4O5S.ClH/c1-4-5-6-7-18-37(22(3)38)24-10-14-26(15-11-24)42-27-16-17-28-29(20-27)35-31(34-28)21(2)41-25-12-8-23(9-13-25)19-30-32(39)36-33(40)43-30;/h8-17,20-21,30H,4-7,18-19H2,1-3H3,(H,34,35)(H,36,39,40);1H. The van der Waals surface area contributed by atoms with Crippen LogP contribution in [-0.2, 0) is 16.0 Å². The van der Waals surface area contributed by atoms with Gasteiger partial charge in [-0.3, -0.25) is 19.7 Å². The summed E-state index contributed by atoms with van der Waals surface area (Å²) in [6.45, 7) is 6.41. The lowest BCUT2D eigenvalue weighted by Crippen LogP contribution is -2.29. The van der Waals surface area contributed by atoms with E-state index in [4.69, 9.17) is 9.47 Å². The van der Waals surface area contributed by atoms with Gasteiger partial charge in [-0.25, -0.2) is 4.98 Å². The molecule has 3 aromatic carbocycles. The fraction of sp³-hybridized carbons (Fsp3) is 0.333. The minimum absolute atomic E-state index is 0. The number of imide groups is 1. The summed E-state index contributed by atoms with van der Waals surface area (Å²) in [5.41, 5.74) is 3.44. The number of ether oxygens (including phenoxy) is 2. The number of aromatic amines is 1. The summed E-state index contributed by atoms with van der Waals surface area (Å²) in [4.78, 5) is 45.3. The molecule has 11 heteroatoms. The van der Waals surface area contributed by atoms with Gasteiger partial charge >= 0.3 is 0 Å². The maximum Gasteiger partial charge on any atom is 0.286 e. The van der Waals surface area contributed by atoms with Crippen LogP contribution in [0.4, 0.5) is 10.5 Å². The Hall–Kier alpha value is -4.02. The van der Waals surface area contributed by atoms with Crippen LogP contribution in [0.15, 0.2) is 66.7 Å². The molecule has 1 saturated heterocycles. The summed E-state index contributed by atoms with van der Waals surface area (Å²) < 4.78 is 12.2. The lowest BCUT2D eigenvalue weighted by atomic mass is 10.1. The fourth-order valence-electron chi connectivity index (χ4n) is 4.97. The van der Waals surface area contributed by atoms with Crippen molar-refractivity contribution < 1.29 is 23.9 Å². The van der Waals surface area contributed by atoms with Gasteiger partial charge in [-0.05, 0) is 73.9 Å². The summed E-state index contributed by atoms with van der Waals surface area (Å²) >= 11 is 1.02. The summed E-state index contributed by atoms with van der Waals surface area (Å²) in [5.74, 6) is 2.49. The summed E-state index contributed by atoms with van der Waals surface area (Å²) in [6, 6.07) is 20.8. The maximum atomic E-state index is 12.2. The van der Waals surface area contributed by atoms with Crippen LogP contribution >= 0.6 is 24.2 Å². The largest absolute Gasteiger partial charge is 0.483 e. The molecule has 3 amide bonds. The number of unbranched alkanes of at least 4 members (excludes halogenated alkanes) is 3. The van der Waals surface area contributed by atoms with Crippen molar-refractivity contribution in [3.63, 3.8) is 0 Å². The van der Waals surface area contributed by atoms with Gasteiger partial charge in [0.15, 0.2) is 6.10 Å². The summed E-state index contributed by atoms with van der Waals surface area (Å²) in [6.07, 6.45) is 4.58. The predicted molar refractivity (Wildman–Crippen MR) is 176 cm³/mol. The normalized spacial score (nSPS) is 15.0. The zero-order valence-corrected chi connectivity index (χ0v) is 26.6. The second-order valence-corrected chi connectivity index (χ2v) is 11.8. The van der Waals surface area contributed by atoms with E-state index >= 15 is 0 Å². The minimum Gasteiger partial charge on any atom is -0.483 e. The molecule has 0 spiro atoms. The van der Waals surface area contributed by atoms with Crippen molar-refractivity contribution in [3.8, 4) is 17.2 Å². The fourth-order valence-corrected chi connectivity index (χ4v) is 5.83. The second kappa shape index (κ2) is 15.1. The van der Waals surface area contributed by atoms with E-state index in [0.717, 1.165) is 53.3 Å². The number of fused-ring (bicyclic) bond motifs is 1. The number of carbonyl (C=O) groups is 3. The number of thioether (sulfide) groups is 1. The molecule has 2 heterocycles. The number of H-pyrrole nitrogens is 1. The molecular formula is C33H37ClN4O5S. The first-order valence-electron chi connectivity index (χ1n) is 14.6. The van der Waals surface area contributed by atoms with Gasteiger partial charge in [0.2, 0.25) is 11.8 Å². The molecule has 44 heavy (non-hydrogen) atoms. The average molecular weight is 637 g/mol. The molecule has 0 radical (unpaired) electrons. The number of aromatic nitrogens is 2. The van der Waals surface area contributed by atoms with Crippen LogP contribution in [0.5, 0.6) is 17.2 Å². The van der Waals surface area contributed by atoms with Crippen LogP contribution in [0.3, 0.4) is 0 Å². The first-order valence-corrected chi connectivity index (χ1v) is 15.5. The third-order valence-electron chi connectivity index (χ3n) is 7.28. The van der Waals surface area contributed by atoms with E-state index in [1.54, 1.807) is 6.92 Å². The van der Waals surface area contributed by atoms with Gasteiger partial charge < -0.3 is 19.4 Å². The van der Waals surface area contributed by atoms with E-state index in [1.165, 1.54) is 6.42 Å². The summed E-state index contributed by atoms with van der Waals surface area (Å²) in [5, 5.41) is 1.62. The number of imidazole rings is 1. The number of rotatable bonds is 13. The van der Waals surface area contributed by atoms with E-state index in [9.17, 15) is 14.4 Å². The van der Waals surface area contributed by atoms with Crippen molar-refractivity contribution in [1.82, 2.24) is 15.3 Å². The van der Waals surface area contributed by atoms with Crippen molar-refractivity contribution in [2.24, 2.45) is 0 Å². The van der Waals surface area contributed by atoms with E-state index < -0.39 is 5.25 Å². The third-order valence-corrected chi connectivity index (χ3v) is 8.26. The number of carbonyl (C=O) groups excluding carboxylic acids is 3. The van der Waals surface area contributed by atoms with Crippen LogP contribution in [0.1, 0.15) is 63.9 Å². The quantitative estimate of drug-likeness (QED) is 0.144. The molecule has 5 rings (SSSR count). The van der Waals surface area contributed by atoms with Gasteiger partial charge in [-0.1, -0.05) is 50.1 Å². The highest BCUT2D eigenvalue weighted by atomic mass is 35.5. The molecule has 232 valence electrons. The predicted octanol–water partition coefficient (Wildman–Crippen LogP) is 7.74. The Morgan fingerprint density at radius 2 is 1.68 bits per heavy atom. The van der Waals surface area contributed by atoms with E-state index in [1.807, 2.05) is 78.6 Å². The molecule has 0 bridgehead atoms. The smallest absolute Gasteiger partial charge is 0.286 e. The molecule has 1 fully saturated rings. The van der Waals surface area contributed by atoms with E-state index in [0.29, 0.717) is 36.0 Å². The molecule has 1 aliphatic rings. The van der Waals surface area contributed by atoms with Crippen molar-refractivity contribution in [3.05, 3.63) is 78.1 Å². The topological polar surface area (TPSA) is 114 Å². The van der Waals surface area contributed by atoms with Gasteiger partial charge in [0, 0.05) is 25.2 Å².